The first-order valence-corrected chi connectivity index (χ1v) is 7.71. The van der Waals surface area contributed by atoms with Crippen molar-refractivity contribution in [2.24, 2.45) is 4.99 Å². The predicted octanol–water partition coefficient (Wildman–Crippen LogP) is 3.23. The average Bonchev–Trinajstić information content (AvgIpc) is 3.23. The van der Waals surface area contributed by atoms with E-state index in [4.69, 9.17) is 4.74 Å². The molecular weight excluding hydrogens is 278 g/mol. The zero-order valence-electron chi connectivity index (χ0n) is 12.2. The Hall–Kier alpha value is -2.43. The van der Waals surface area contributed by atoms with Gasteiger partial charge in [0.05, 0.1) is 12.5 Å². The summed E-state index contributed by atoms with van der Waals surface area (Å²) in [6, 6.07) is 4.18. The van der Waals surface area contributed by atoms with Crippen molar-refractivity contribution in [1.29, 1.82) is 0 Å². The van der Waals surface area contributed by atoms with Crippen LogP contribution in [0.15, 0.2) is 35.3 Å². The van der Waals surface area contributed by atoms with Crippen molar-refractivity contribution in [2.75, 3.05) is 0 Å². The number of rotatable bonds is 2. The molecule has 2 aliphatic rings. The van der Waals surface area contributed by atoms with Crippen LogP contribution in [0.4, 0.5) is 0 Å². The van der Waals surface area contributed by atoms with E-state index in [1.807, 2.05) is 18.3 Å². The number of carbonyl (C=O) groups is 1. The minimum Gasteiger partial charge on any atom is -0.439 e. The molecule has 4 rings (SSSR count). The van der Waals surface area contributed by atoms with Crippen LogP contribution in [0.3, 0.4) is 0 Å². The van der Waals surface area contributed by atoms with Gasteiger partial charge in [0.15, 0.2) is 11.7 Å². The molecule has 22 heavy (non-hydrogen) atoms. The van der Waals surface area contributed by atoms with E-state index in [0.29, 0.717) is 17.7 Å². The molecule has 1 saturated heterocycles. The molecule has 1 saturated carbocycles. The van der Waals surface area contributed by atoms with E-state index in [1.54, 1.807) is 12.3 Å². The number of nitrogens with zero attached hydrogens (tertiary/aromatic N) is 2. The van der Waals surface area contributed by atoms with Gasteiger partial charge in [-0.25, -0.2) is 4.98 Å². The zero-order chi connectivity index (χ0) is 14.9. The number of aliphatic imine (C=N–C) groups is 1. The summed E-state index contributed by atoms with van der Waals surface area (Å²) in [6.07, 6.45) is 10.3. The van der Waals surface area contributed by atoms with Crippen LogP contribution in [0.2, 0.25) is 0 Å². The van der Waals surface area contributed by atoms with E-state index in [2.05, 4.69) is 15.0 Å². The summed E-state index contributed by atoms with van der Waals surface area (Å²) >= 11 is 0. The summed E-state index contributed by atoms with van der Waals surface area (Å²) in [5.41, 5.74) is 1.72. The number of ether oxygens (including phenoxy) is 1. The van der Waals surface area contributed by atoms with Crippen LogP contribution in [-0.2, 0) is 9.53 Å². The van der Waals surface area contributed by atoms with Gasteiger partial charge >= 0.3 is 0 Å². The molecule has 1 aliphatic heterocycles. The van der Waals surface area contributed by atoms with Crippen molar-refractivity contribution in [3.8, 4) is 0 Å². The van der Waals surface area contributed by atoms with E-state index in [-0.39, 0.29) is 12.2 Å². The minimum atomic E-state index is -0.00464. The number of hydrogen-bond acceptors (Lipinski definition) is 4. The smallest absolute Gasteiger partial charge is 0.207 e. The molecule has 112 valence electrons. The first-order chi connectivity index (χ1) is 10.8. The van der Waals surface area contributed by atoms with Gasteiger partial charge in [0.25, 0.3) is 0 Å². The molecule has 1 N–H and O–H groups in total. The van der Waals surface area contributed by atoms with Gasteiger partial charge in [-0.05, 0) is 31.1 Å². The SMILES string of the molecule is O=C1CC(=NC2CCCC2)O/C1=C\c1c[nH]c2ncccc12. The van der Waals surface area contributed by atoms with Crippen molar-refractivity contribution in [2.45, 2.75) is 38.1 Å². The number of Topliss-reactive ketones (excluding diaryl/α,β-unsaturated/α-hetero) is 1. The molecule has 0 radical (unpaired) electrons. The molecule has 0 spiro atoms. The van der Waals surface area contributed by atoms with Crippen LogP contribution >= 0.6 is 0 Å². The number of allylic oxidation sites excluding steroid dienone is 1. The summed E-state index contributed by atoms with van der Waals surface area (Å²) in [4.78, 5) is 24.0. The number of fused-ring (bicyclic) bond motifs is 1. The van der Waals surface area contributed by atoms with Gasteiger partial charge in [0.1, 0.15) is 5.65 Å². The van der Waals surface area contributed by atoms with E-state index in [1.165, 1.54) is 12.8 Å². The Labute approximate surface area is 128 Å². The van der Waals surface area contributed by atoms with Gasteiger partial charge in [-0.2, -0.15) is 0 Å². The lowest BCUT2D eigenvalue weighted by atomic mass is 10.1. The van der Waals surface area contributed by atoms with E-state index in [0.717, 1.165) is 29.4 Å². The number of nitrogens with one attached hydrogen (secondary N) is 1. The van der Waals surface area contributed by atoms with Crippen molar-refractivity contribution in [3.63, 3.8) is 0 Å². The quantitative estimate of drug-likeness (QED) is 0.865. The first kappa shape index (κ1) is 13.2. The summed E-state index contributed by atoms with van der Waals surface area (Å²) in [5, 5.41) is 0.979. The van der Waals surface area contributed by atoms with E-state index in [9.17, 15) is 4.79 Å². The summed E-state index contributed by atoms with van der Waals surface area (Å²) in [7, 11) is 0. The second kappa shape index (κ2) is 5.40. The maximum absolute atomic E-state index is 12.1. The highest BCUT2D eigenvalue weighted by molar-refractivity contribution is 6.14. The average molecular weight is 295 g/mol. The molecule has 0 bridgehead atoms. The topological polar surface area (TPSA) is 67.3 Å². The first-order valence-electron chi connectivity index (χ1n) is 7.71. The molecule has 3 heterocycles. The minimum absolute atomic E-state index is 0.00464. The van der Waals surface area contributed by atoms with Gasteiger partial charge in [0.2, 0.25) is 5.78 Å². The third-order valence-corrected chi connectivity index (χ3v) is 4.24. The Balaban J connectivity index is 1.61. The van der Waals surface area contributed by atoms with Crippen LogP contribution in [0, 0.1) is 0 Å². The van der Waals surface area contributed by atoms with Crippen molar-refractivity contribution >= 4 is 28.8 Å². The standard InChI is InChI=1S/C17H17N3O2/c21-14-9-16(20-12-4-1-2-5-12)22-15(14)8-11-10-19-17-13(11)6-3-7-18-17/h3,6-8,10,12H,1-2,4-5,9H2,(H,18,19)/b15-8-,20-16?. The second-order valence-corrected chi connectivity index (χ2v) is 5.82. The van der Waals surface area contributed by atoms with Crippen LogP contribution in [0.5, 0.6) is 0 Å². The number of aromatic nitrogens is 2. The Morgan fingerprint density at radius 1 is 1.36 bits per heavy atom. The predicted molar refractivity (Wildman–Crippen MR) is 84.5 cm³/mol. The summed E-state index contributed by atoms with van der Waals surface area (Å²) in [6.45, 7) is 0. The molecule has 0 unspecified atom stereocenters. The van der Waals surface area contributed by atoms with Gasteiger partial charge in [-0.3, -0.25) is 9.79 Å². The molecule has 5 heteroatoms. The van der Waals surface area contributed by atoms with E-state index >= 15 is 0 Å². The van der Waals surface area contributed by atoms with Crippen molar-refractivity contribution in [3.05, 3.63) is 35.8 Å². The summed E-state index contributed by atoms with van der Waals surface area (Å²) < 4.78 is 5.69. The van der Waals surface area contributed by atoms with Gasteiger partial charge in [-0.15, -0.1) is 0 Å². The lowest BCUT2D eigenvalue weighted by Gasteiger charge is -2.03. The van der Waals surface area contributed by atoms with Gasteiger partial charge < -0.3 is 9.72 Å². The number of aromatic amines is 1. The van der Waals surface area contributed by atoms with E-state index < -0.39 is 0 Å². The fourth-order valence-corrected chi connectivity index (χ4v) is 3.10. The molecule has 0 aromatic carbocycles. The highest BCUT2D eigenvalue weighted by Crippen LogP contribution is 2.26. The number of hydrogen-bond donors (Lipinski definition) is 1. The number of pyridine rings is 1. The number of H-pyrrole nitrogens is 1. The maximum atomic E-state index is 12.1. The van der Waals surface area contributed by atoms with Crippen LogP contribution in [0.1, 0.15) is 37.7 Å². The van der Waals surface area contributed by atoms with Crippen LogP contribution in [-0.4, -0.2) is 27.7 Å². The molecule has 2 aromatic rings. The Morgan fingerprint density at radius 3 is 3.09 bits per heavy atom. The normalized spacial score (nSPS) is 23.0. The highest BCUT2D eigenvalue weighted by atomic mass is 16.5. The molecule has 2 fully saturated rings. The molecule has 5 nitrogen and oxygen atoms in total. The van der Waals surface area contributed by atoms with Crippen LogP contribution in [0.25, 0.3) is 17.1 Å². The largest absolute Gasteiger partial charge is 0.439 e. The zero-order valence-corrected chi connectivity index (χ0v) is 12.2. The third-order valence-electron chi connectivity index (χ3n) is 4.24. The van der Waals surface area contributed by atoms with Gasteiger partial charge in [-0.1, -0.05) is 12.8 Å². The lowest BCUT2D eigenvalue weighted by Crippen LogP contribution is -2.03. The highest BCUT2D eigenvalue weighted by Gasteiger charge is 2.27. The fourth-order valence-electron chi connectivity index (χ4n) is 3.10. The fraction of sp³-hybridized carbons (Fsp3) is 0.353. The third kappa shape index (κ3) is 2.43. The monoisotopic (exact) mass is 295 g/mol. The lowest BCUT2D eigenvalue weighted by molar-refractivity contribution is -0.114. The Bertz CT molecular complexity index is 782. The molecule has 0 amide bonds. The molecular formula is C17H17N3O2. The van der Waals surface area contributed by atoms with Crippen LogP contribution < -0.4 is 0 Å². The molecule has 0 atom stereocenters. The molecule has 1 aliphatic carbocycles. The maximum Gasteiger partial charge on any atom is 0.207 e. The number of ketones is 1. The van der Waals surface area contributed by atoms with Crippen molar-refractivity contribution < 1.29 is 9.53 Å². The van der Waals surface area contributed by atoms with Crippen molar-refractivity contribution in [1.82, 2.24) is 9.97 Å². The van der Waals surface area contributed by atoms with Gasteiger partial charge in [0, 0.05) is 23.3 Å². The second-order valence-electron chi connectivity index (χ2n) is 5.82. The Morgan fingerprint density at radius 2 is 2.23 bits per heavy atom. The number of carbonyl (C=O) groups excluding carboxylic acids is 1. The molecule has 2 aromatic heterocycles. The Kier molecular flexibility index (Phi) is 3.25. The summed E-state index contributed by atoms with van der Waals surface area (Å²) in [5.74, 6) is 0.942.